The topological polar surface area (TPSA) is 58.7 Å². The summed E-state index contributed by atoms with van der Waals surface area (Å²) in [7, 11) is 0. The molecule has 1 saturated heterocycles. The van der Waals surface area contributed by atoms with Gasteiger partial charge in [-0.05, 0) is 24.5 Å². The molecule has 0 N–H and O–H groups in total. The highest BCUT2D eigenvalue weighted by atomic mass is 32.2. The Morgan fingerprint density at radius 2 is 2.25 bits per heavy atom. The second-order valence-electron chi connectivity index (χ2n) is 5.31. The first-order chi connectivity index (χ1) is 9.47. The number of benzene rings is 1. The molecular formula is C14H19N3O2S. The minimum absolute atomic E-state index is 0.115. The van der Waals surface area contributed by atoms with Gasteiger partial charge in [-0.3, -0.25) is 10.1 Å². The van der Waals surface area contributed by atoms with Crippen LogP contribution in [0.25, 0.3) is 0 Å². The van der Waals surface area contributed by atoms with Crippen molar-refractivity contribution in [3.05, 3.63) is 33.9 Å². The molecule has 108 valence electrons. The summed E-state index contributed by atoms with van der Waals surface area (Å²) in [6.07, 6.45) is 0. The van der Waals surface area contributed by atoms with E-state index < -0.39 is 0 Å². The van der Waals surface area contributed by atoms with E-state index in [0.717, 1.165) is 35.3 Å². The number of nitro benzene ring substituents is 1. The number of nitrogens with zero attached hydrogens (tertiary/aromatic N) is 3. The maximum atomic E-state index is 10.7. The van der Waals surface area contributed by atoms with Crippen LogP contribution in [0.2, 0.25) is 0 Å². The quantitative estimate of drug-likeness (QED) is 0.628. The summed E-state index contributed by atoms with van der Waals surface area (Å²) >= 11 is 1.75. The predicted molar refractivity (Wildman–Crippen MR) is 83.8 cm³/mol. The molecule has 20 heavy (non-hydrogen) atoms. The van der Waals surface area contributed by atoms with Gasteiger partial charge in [0, 0.05) is 31.0 Å². The molecule has 0 unspecified atom stereocenters. The average Bonchev–Trinajstić information content (AvgIpc) is 2.78. The maximum absolute atomic E-state index is 10.7. The number of amidine groups is 1. The summed E-state index contributed by atoms with van der Waals surface area (Å²) < 4.78 is 0. The molecule has 1 aromatic carbocycles. The highest BCUT2D eigenvalue weighted by molar-refractivity contribution is 8.14. The Balaban J connectivity index is 2.23. The minimum atomic E-state index is -0.376. The third-order valence-electron chi connectivity index (χ3n) is 3.06. The van der Waals surface area contributed by atoms with E-state index in [1.165, 1.54) is 6.07 Å². The van der Waals surface area contributed by atoms with Crippen molar-refractivity contribution in [3.8, 4) is 0 Å². The van der Waals surface area contributed by atoms with Crippen molar-refractivity contribution in [2.24, 2.45) is 10.9 Å². The molecule has 0 atom stereocenters. The highest BCUT2D eigenvalue weighted by Crippen LogP contribution is 2.28. The minimum Gasteiger partial charge on any atom is -0.350 e. The van der Waals surface area contributed by atoms with Gasteiger partial charge in [0.05, 0.1) is 10.6 Å². The fraction of sp³-hybridized carbons (Fsp3) is 0.500. The lowest BCUT2D eigenvalue weighted by Gasteiger charge is -2.20. The van der Waals surface area contributed by atoms with Crippen molar-refractivity contribution in [3.63, 3.8) is 0 Å². The van der Waals surface area contributed by atoms with Crippen LogP contribution < -0.4 is 0 Å². The number of non-ortho nitro benzene ring substituents is 1. The van der Waals surface area contributed by atoms with Gasteiger partial charge in [-0.2, -0.15) is 0 Å². The molecule has 0 radical (unpaired) electrons. The van der Waals surface area contributed by atoms with Crippen LogP contribution in [0.4, 0.5) is 11.4 Å². The van der Waals surface area contributed by atoms with Crippen LogP contribution >= 0.6 is 11.8 Å². The summed E-state index contributed by atoms with van der Waals surface area (Å²) in [6.45, 7) is 8.26. The monoisotopic (exact) mass is 293 g/mol. The first-order valence-electron chi connectivity index (χ1n) is 6.69. The zero-order chi connectivity index (χ0) is 14.7. The molecule has 1 aliphatic heterocycles. The van der Waals surface area contributed by atoms with E-state index in [9.17, 15) is 10.1 Å². The molecule has 2 rings (SSSR count). The van der Waals surface area contributed by atoms with E-state index in [1.807, 2.05) is 6.92 Å². The van der Waals surface area contributed by atoms with Crippen molar-refractivity contribution in [1.82, 2.24) is 4.90 Å². The van der Waals surface area contributed by atoms with Gasteiger partial charge in [0.25, 0.3) is 5.69 Å². The molecule has 6 heteroatoms. The van der Waals surface area contributed by atoms with Crippen LogP contribution in [0.1, 0.15) is 19.4 Å². The Morgan fingerprint density at radius 1 is 1.50 bits per heavy atom. The number of aryl methyl sites for hydroxylation is 1. The molecule has 0 saturated carbocycles. The molecule has 0 aromatic heterocycles. The second-order valence-corrected chi connectivity index (χ2v) is 6.37. The lowest BCUT2D eigenvalue weighted by Crippen LogP contribution is -2.28. The molecule has 1 heterocycles. The molecular weight excluding hydrogens is 274 g/mol. The second kappa shape index (κ2) is 6.26. The molecule has 0 spiro atoms. The number of hydrogen-bond acceptors (Lipinski definition) is 4. The summed E-state index contributed by atoms with van der Waals surface area (Å²) in [5.74, 6) is 1.65. The van der Waals surface area contributed by atoms with Crippen LogP contribution in [0.3, 0.4) is 0 Å². The van der Waals surface area contributed by atoms with Crippen LogP contribution in [-0.2, 0) is 0 Å². The van der Waals surface area contributed by atoms with E-state index in [2.05, 4.69) is 23.7 Å². The van der Waals surface area contributed by atoms with Crippen LogP contribution in [0.5, 0.6) is 0 Å². The summed E-state index contributed by atoms with van der Waals surface area (Å²) in [6, 6.07) is 4.82. The van der Waals surface area contributed by atoms with Gasteiger partial charge >= 0.3 is 0 Å². The predicted octanol–water partition coefficient (Wildman–Crippen LogP) is 3.60. The molecule has 0 bridgehead atoms. The number of hydrogen-bond donors (Lipinski definition) is 0. The van der Waals surface area contributed by atoms with Gasteiger partial charge in [0.15, 0.2) is 5.17 Å². The Labute approximate surface area is 123 Å². The average molecular weight is 293 g/mol. The highest BCUT2D eigenvalue weighted by Gasteiger charge is 2.20. The third-order valence-corrected chi connectivity index (χ3v) is 4.05. The first-order valence-corrected chi connectivity index (χ1v) is 7.67. The number of thioether (sulfide) groups is 1. The zero-order valence-electron chi connectivity index (χ0n) is 12.0. The lowest BCUT2D eigenvalue weighted by atomic mass is 10.2. The fourth-order valence-corrected chi connectivity index (χ4v) is 3.13. The third kappa shape index (κ3) is 3.50. The number of aliphatic imine (C=N–C) groups is 1. The van der Waals surface area contributed by atoms with Gasteiger partial charge in [-0.25, -0.2) is 4.99 Å². The standard InChI is InChI=1S/C14H19N3O2S/c1-10(2)9-16-6-7-20-14(16)15-13-5-4-12(17(18)19)8-11(13)3/h4-5,8,10H,6-7,9H2,1-3H3/b15-14-. The van der Waals surface area contributed by atoms with Crippen molar-refractivity contribution in [1.29, 1.82) is 0 Å². The van der Waals surface area contributed by atoms with Crippen LogP contribution in [-0.4, -0.2) is 33.8 Å². The Morgan fingerprint density at radius 3 is 2.85 bits per heavy atom. The number of rotatable bonds is 4. The maximum Gasteiger partial charge on any atom is 0.269 e. The molecule has 0 amide bonds. The molecule has 1 aliphatic rings. The molecule has 1 aromatic rings. The van der Waals surface area contributed by atoms with Crippen LogP contribution in [0.15, 0.2) is 23.2 Å². The van der Waals surface area contributed by atoms with Crippen molar-refractivity contribution < 1.29 is 4.92 Å². The van der Waals surface area contributed by atoms with Gasteiger partial charge in [0.1, 0.15) is 0 Å². The Bertz CT molecular complexity index is 543. The van der Waals surface area contributed by atoms with E-state index in [-0.39, 0.29) is 10.6 Å². The Hall–Kier alpha value is -1.56. The van der Waals surface area contributed by atoms with Gasteiger partial charge in [-0.15, -0.1) is 0 Å². The lowest BCUT2D eigenvalue weighted by molar-refractivity contribution is -0.384. The number of nitro groups is 1. The van der Waals surface area contributed by atoms with E-state index in [1.54, 1.807) is 23.9 Å². The summed E-state index contributed by atoms with van der Waals surface area (Å²) in [4.78, 5) is 17.3. The SMILES string of the molecule is Cc1cc([N+](=O)[O-])ccc1/N=C1\SCCN1CC(C)C. The largest absolute Gasteiger partial charge is 0.350 e. The molecule has 1 fully saturated rings. The van der Waals surface area contributed by atoms with E-state index >= 15 is 0 Å². The van der Waals surface area contributed by atoms with Gasteiger partial charge < -0.3 is 4.90 Å². The summed E-state index contributed by atoms with van der Waals surface area (Å²) in [5, 5.41) is 11.8. The Kier molecular flexibility index (Phi) is 4.65. The van der Waals surface area contributed by atoms with Crippen molar-refractivity contribution >= 4 is 28.3 Å². The fourth-order valence-electron chi connectivity index (χ4n) is 2.13. The smallest absolute Gasteiger partial charge is 0.269 e. The summed E-state index contributed by atoms with van der Waals surface area (Å²) in [5.41, 5.74) is 1.77. The van der Waals surface area contributed by atoms with E-state index in [0.29, 0.717) is 5.92 Å². The van der Waals surface area contributed by atoms with Crippen molar-refractivity contribution in [2.45, 2.75) is 20.8 Å². The van der Waals surface area contributed by atoms with Crippen molar-refractivity contribution in [2.75, 3.05) is 18.8 Å². The zero-order valence-corrected chi connectivity index (χ0v) is 12.8. The van der Waals surface area contributed by atoms with Gasteiger partial charge in [0.2, 0.25) is 0 Å². The van der Waals surface area contributed by atoms with Crippen LogP contribution in [0, 0.1) is 23.0 Å². The van der Waals surface area contributed by atoms with E-state index in [4.69, 9.17) is 0 Å². The molecule has 5 nitrogen and oxygen atoms in total. The van der Waals surface area contributed by atoms with Gasteiger partial charge in [-0.1, -0.05) is 25.6 Å². The normalized spacial score (nSPS) is 17.2. The molecule has 0 aliphatic carbocycles. The first kappa shape index (κ1) is 14.8.